The molecule has 134 valence electrons. The molecular weight excluding hydrogens is 418 g/mol. The second-order valence-corrected chi connectivity index (χ2v) is 7.40. The number of tetrazole rings is 1. The Morgan fingerprint density at radius 1 is 1.27 bits per heavy atom. The van der Waals surface area contributed by atoms with Crippen molar-refractivity contribution >= 4 is 33.5 Å². The summed E-state index contributed by atoms with van der Waals surface area (Å²) < 4.78 is 8.39. The minimum atomic E-state index is 0.0362. The van der Waals surface area contributed by atoms with Crippen LogP contribution in [0.3, 0.4) is 0 Å². The van der Waals surface area contributed by atoms with Crippen molar-refractivity contribution in [1.29, 1.82) is 0 Å². The monoisotopic (exact) mass is 433 g/mol. The second kappa shape index (κ2) is 7.25. The van der Waals surface area contributed by atoms with E-state index >= 15 is 0 Å². The third-order valence-corrected chi connectivity index (χ3v) is 5.23. The molecule has 2 heterocycles. The maximum absolute atomic E-state index is 6.38. The molecule has 0 saturated carbocycles. The number of anilines is 1. The summed E-state index contributed by atoms with van der Waals surface area (Å²) in [6.45, 7) is 2.52. The van der Waals surface area contributed by atoms with E-state index in [-0.39, 0.29) is 12.1 Å². The van der Waals surface area contributed by atoms with Crippen LogP contribution >= 0.6 is 27.5 Å². The molecule has 2 unspecified atom stereocenters. The standard InChI is InChI=1S/C18H17BrClN5O/c1-2-26-17-7-6-11(9-14(17)20)15-10-16(12-4-3-5-13(19)8-12)25-18(21-15)22-23-24-25/h3-9,15-16H,2,10H2,1H3,(H,21,22,24). The fourth-order valence-electron chi connectivity index (χ4n) is 3.25. The second-order valence-electron chi connectivity index (χ2n) is 6.07. The summed E-state index contributed by atoms with van der Waals surface area (Å²) in [7, 11) is 0. The molecule has 3 aromatic rings. The van der Waals surface area contributed by atoms with Gasteiger partial charge in [-0.25, -0.2) is 4.68 Å². The maximum atomic E-state index is 6.38. The molecule has 0 saturated heterocycles. The predicted octanol–water partition coefficient (Wildman–Crippen LogP) is 4.63. The number of halogens is 2. The molecule has 1 aliphatic heterocycles. The highest BCUT2D eigenvalue weighted by Crippen LogP contribution is 2.39. The fraction of sp³-hybridized carbons (Fsp3) is 0.278. The molecule has 0 spiro atoms. The topological polar surface area (TPSA) is 64.9 Å². The van der Waals surface area contributed by atoms with Gasteiger partial charge >= 0.3 is 0 Å². The molecule has 0 fully saturated rings. The average Bonchev–Trinajstić information content (AvgIpc) is 3.11. The molecule has 1 aromatic heterocycles. The van der Waals surface area contributed by atoms with Gasteiger partial charge in [-0.3, -0.25) is 0 Å². The van der Waals surface area contributed by atoms with Crippen LogP contribution < -0.4 is 10.1 Å². The Balaban J connectivity index is 1.68. The lowest BCUT2D eigenvalue weighted by atomic mass is 9.93. The molecule has 8 heteroatoms. The Hall–Kier alpha value is -2.12. The Morgan fingerprint density at radius 2 is 2.15 bits per heavy atom. The van der Waals surface area contributed by atoms with Gasteiger partial charge in [0.1, 0.15) is 5.75 Å². The molecule has 6 nitrogen and oxygen atoms in total. The molecule has 1 N–H and O–H groups in total. The number of aromatic nitrogens is 4. The van der Waals surface area contributed by atoms with E-state index in [4.69, 9.17) is 16.3 Å². The van der Waals surface area contributed by atoms with Gasteiger partial charge in [0, 0.05) is 4.47 Å². The van der Waals surface area contributed by atoms with Gasteiger partial charge < -0.3 is 10.1 Å². The summed E-state index contributed by atoms with van der Waals surface area (Å²) in [6, 6.07) is 14.2. The smallest absolute Gasteiger partial charge is 0.243 e. The Morgan fingerprint density at radius 3 is 2.92 bits per heavy atom. The van der Waals surface area contributed by atoms with Gasteiger partial charge in [-0.2, -0.15) is 0 Å². The first-order valence-electron chi connectivity index (χ1n) is 8.38. The van der Waals surface area contributed by atoms with Gasteiger partial charge in [-0.15, -0.1) is 0 Å². The highest BCUT2D eigenvalue weighted by Gasteiger charge is 2.31. The van der Waals surface area contributed by atoms with Crippen molar-refractivity contribution in [3.05, 3.63) is 63.1 Å². The zero-order chi connectivity index (χ0) is 18.1. The van der Waals surface area contributed by atoms with Gasteiger partial charge in [0.05, 0.1) is 23.7 Å². The van der Waals surface area contributed by atoms with Crippen molar-refractivity contribution in [2.24, 2.45) is 0 Å². The van der Waals surface area contributed by atoms with Crippen molar-refractivity contribution in [3.8, 4) is 5.75 Å². The van der Waals surface area contributed by atoms with Gasteiger partial charge in [-0.1, -0.05) is 50.8 Å². The zero-order valence-electron chi connectivity index (χ0n) is 14.1. The van der Waals surface area contributed by atoms with E-state index in [1.807, 2.05) is 41.9 Å². The lowest BCUT2D eigenvalue weighted by Gasteiger charge is -2.31. The SMILES string of the molecule is CCOc1ccc(C2CC(c3cccc(Br)c3)n3nnnc3N2)cc1Cl. The molecule has 0 amide bonds. The zero-order valence-corrected chi connectivity index (χ0v) is 16.4. The number of fused-ring (bicyclic) bond motifs is 1. The molecule has 2 aromatic carbocycles. The number of hydrogen-bond acceptors (Lipinski definition) is 5. The van der Waals surface area contributed by atoms with Crippen LogP contribution in [0.25, 0.3) is 0 Å². The molecular formula is C18H17BrClN5O. The van der Waals surface area contributed by atoms with Crippen LogP contribution in [0.4, 0.5) is 5.95 Å². The van der Waals surface area contributed by atoms with Crippen molar-refractivity contribution < 1.29 is 4.74 Å². The van der Waals surface area contributed by atoms with Crippen LogP contribution in [0.2, 0.25) is 5.02 Å². The summed E-state index contributed by atoms with van der Waals surface area (Å²) in [6.07, 6.45) is 0.804. The van der Waals surface area contributed by atoms with Gasteiger partial charge in [0.2, 0.25) is 5.95 Å². The first-order chi connectivity index (χ1) is 12.7. The predicted molar refractivity (Wildman–Crippen MR) is 104 cm³/mol. The highest BCUT2D eigenvalue weighted by molar-refractivity contribution is 9.10. The molecule has 1 aliphatic rings. The van der Waals surface area contributed by atoms with Crippen LogP contribution in [0, 0.1) is 0 Å². The lowest BCUT2D eigenvalue weighted by Crippen LogP contribution is -2.28. The summed E-state index contributed by atoms with van der Waals surface area (Å²) in [5, 5.41) is 16.1. The van der Waals surface area contributed by atoms with Crippen molar-refractivity contribution in [3.63, 3.8) is 0 Å². The first-order valence-corrected chi connectivity index (χ1v) is 9.55. The van der Waals surface area contributed by atoms with Crippen molar-refractivity contribution in [1.82, 2.24) is 20.2 Å². The van der Waals surface area contributed by atoms with Gasteiger partial charge in [-0.05, 0) is 59.2 Å². The molecule has 26 heavy (non-hydrogen) atoms. The number of ether oxygens (including phenoxy) is 1. The van der Waals surface area contributed by atoms with Crippen molar-refractivity contribution in [2.75, 3.05) is 11.9 Å². The van der Waals surface area contributed by atoms with Gasteiger partial charge in [0.25, 0.3) is 0 Å². The Bertz CT molecular complexity index is 931. The van der Waals surface area contributed by atoms with Gasteiger partial charge in [0.15, 0.2) is 0 Å². The number of benzene rings is 2. The largest absolute Gasteiger partial charge is 0.492 e. The van der Waals surface area contributed by atoms with Crippen LogP contribution in [-0.2, 0) is 0 Å². The Labute approximate surface area is 164 Å². The molecule has 2 atom stereocenters. The van der Waals surface area contributed by atoms with E-state index in [9.17, 15) is 0 Å². The summed E-state index contributed by atoms with van der Waals surface area (Å²) in [5.74, 6) is 1.35. The van der Waals surface area contributed by atoms with Crippen LogP contribution in [-0.4, -0.2) is 26.8 Å². The van der Waals surface area contributed by atoms with Crippen LogP contribution in [0.15, 0.2) is 46.9 Å². The summed E-state index contributed by atoms with van der Waals surface area (Å²) in [5.41, 5.74) is 2.23. The highest BCUT2D eigenvalue weighted by atomic mass is 79.9. The fourth-order valence-corrected chi connectivity index (χ4v) is 3.91. The maximum Gasteiger partial charge on any atom is 0.243 e. The van der Waals surface area contributed by atoms with E-state index in [1.165, 1.54) is 0 Å². The number of rotatable bonds is 4. The number of nitrogens with one attached hydrogen (secondary N) is 1. The molecule has 0 aliphatic carbocycles. The molecule has 4 rings (SSSR count). The third kappa shape index (κ3) is 3.29. The minimum Gasteiger partial charge on any atom is -0.492 e. The van der Waals surface area contributed by atoms with E-state index in [1.54, 1.807) is 0 Å². The quantitative estimate of drug-likeness (QED) is 0.648. The first kappa shape index (κ1) is 17.3. The van der Waals surface area contributed by atoms with Crippen LogP contribution in [0.1, 0.15) is 36.6 Å². The lowest BCUT2D eigenvalue weighted by molar-refractivity contribution is 0.340. The number of nitrogens with zero attached hydrogens (tertiary/aromatic N) is 4. The van der Waals surface area contributed by atoms with E-state index in [0.717, 1.165) is 22.0 Å². The summed E-state index contributed by atoms with van der Waals surface area (Å²) >= 11 is 9.92. The minimum absolute atomic E-state index is 0.0362. The number of hydrogen-bond donors (Lipinski definition) is 1. The third-order valence-electron chi connectivity index (χ3n) is 4.44. The Kier molecular flexibility index (Phi) is 4.82. The van der Waals surface area contributed by atoms with Crippen LogP contribution in [0.5, 0.6) is 5.75 Å². The average molecular weight is 435 g/mol. The van der Waals surface area contributed by atoms with E-state index in [2.05, 4.69) is 48.9 Å². The van der Waals surface area contributed by atoms with Crippen molar-refractivity contribution in [2.45, 2.75) is 25.4 Å². The molecule has 0 bridgehead atoms. The normalized spacial score (nSPS) is 18.9. The summed E-state index contributed by atoms with van der Waals surface area (Å²) in [4.78, 5) is 0. The molecule has 0 radical (unpaired) electrons. The van der Waals surface area contributed by atoms with E-state index < -0.39 is 0 Å². The van der Waals surface area contributed by atoms with E-state index in [0.29, 0.717) is 23.3 Å².